The Hall–Kier alpha value is -0.900. The minimum Gasteiger partial charge on any atom is -0.493 e. The Balaban J connectivity index is 2.22. The van der Waals surface area contributed by atoms with Crippen LogP contribution in [0, 0.1) is 0 Å². The smallest absolute Gasteiger partial charge is 0.165 e. The number of rotatable bonds is 5. The van der Waals surface area contributed by atoms with Crippen LogP contribution in [-0.4, -0.2) is 7.11 Å². The molecule has 0 saturated carbocycles. The van der Waals surface area contributed by atoms with Crippen molar-refractivity contribution in [2.24, 2.45) is 0 Å². The second kappa shape index (κ2) is 7.21. The van der Waals surface area contributed by atoms with Crippen molar-refractivity contribution in [3.63, 3.8) is 0 Å². The van der Waals surface area contributed by atoms with Crippen LogP contribution in [0.1, 0.15) is 11.1 Å². The Morgan fingerprint density at radius 1 is 1.10 bits per heavy atom. The molecule has 0 fully saturated rings. The van der Waals surface area contributed by atoms with Crippen molar-refractivity contribution in [2.75, 3.05) is 7.11 Å². The van der Waals surface area contributed by atoms with Crippen LogP contribution in [-0.2, 0) is 11.9 Å². The van der Waals surface area contributed by atoms with Crippen molar-refractivity contribution < 1.29 is 9.47 Å². The lowest BCUT2D eigenvalue weighted by molar-refractivity contribution is 0.282. The highest BCUT2D eigenvalue weighted by Crippen LogP contribution is 2.33. The summed E-state index contributed by atoms with van der Waals surface area (Å²) < 4.78 is 11.2. The first-order valence-electron chi connectivity index (χ1n) is 5.94. The van der Waals surface area contributed by atoms with Crippen molar-refractivity contribution in [3.8, 4) is 11.5 Å². The van der Waals surface area contributed by atoms with Gasteiger partial charge < -0.3 is 9.47 Å². The van der Waals surface area contributed by atoms with Gasteiger partial charge in [0.25, 0.3) is 0 Å². The molecule has 0 saturated heterocycles. The molecule has 0 spiro atoms. The monoisotopic (exact) mass is 374 g/mol. The van der Waals surface area contributed by atoms with E-state index < -0.39 is 0 Å². The van der Waals surface area contributed by atoms with E-state index in [1.807, 2.05) is 24.3 Å². The summed E-state index contributed by atoms with van der Waals surface area (Å²) in [4.78, 5) is 0. The molecule has 2 nitrogen and oxygen atoms in total. The Bertz CT molecular complexity index is 580. The maximum Gasteiger partial charge on any atom is 0.165 e. The fraction of sp³-hybridized carbons (Fsp3) is 0.200. The second-order valence-electron chi connectivity index (χ2n) is 4.11. The van der Waals surface area contributed by atoms with Crippen LogP contribution in [0.5, 0.6) is 11.5 Å². The van der Waals surface area contributed by atoms with Gasteiger partial charge in [-0.25, -0.2) is 0 Å². The quantitative estimate of drug-likeness (QED) is 0.644. The summed E-state index contributed by atoms with van der Waals surface area (Å²) in [6.07, 6.45) is 0. The third kappa shape index (κ3) is 3.60. The van der Waals surface area contributed by atoms with Gasteiger partial charge in [-0.15, -0.1) is 0 Å². The first-order chi connectivity index (χ1) is 9.65. The Labute approximate surface area is 136 Å². The van der Waals surface area contributed by atoms with Gasteiger partial charge in [0.15, 0.2) is 11.5 Å². The normalized spacial score (nSPS) is 10.4. The molecule has 0 unspecified atom stereocenters. The number of benzene rings is 2. The number of hydrogen-bond acceptors (Lipinski definition) is 2. The first-order valence-corrected chi connectivity index (χ1v) is 7.82. The van der Waals surface area contributed by atoms with E-state index in [2.05, 4.69) is 15.9 Å². The molecule has 0 atom stereocenters. The number of para-hydroxylation sites is 1. The number of ether oxygens (including phenoxy) is 2. The number of hydrogen-bond donors (Lipinski definition) is 0. The van der Waals surface area contributed by atoms with E-state index >= 15 is 0 Å². The van der Waals surface area contributed by atoms with Gasteiger partial charge >= 0.3 is 0 Å². The molecule has 106 valence electrons. The van der Waals surface area contributed by atoms with Crippen LogP contribution < -0.4 is 9.47 Å². The molecule has 0 aliphatic carbocycles. The molecule has 0 aromatic heterocycles. The Morgan fingerprint density at radius 2 is 1.90 bits per heavy atom. The summed E-state index contributed by atoms with van der Waals surface area (Å²) in [5, 5.41) is 1.89. The standard InChI is InChI=1S/C15H13BrCl2O2/c1-19-14-4-2-3-10(8-16)15(14)20-9-11-5-6-12(17)7-13(11)18/h2-7H,8-9H2,1H3. The summed E-state index contributed by atoms with van der Waals surface area (Å²) in [5.74, 6) is 1.42. The topological polar surface area (TPSA) is 18.5 Å². The minimum atomic E-state index is 0.358. The maximum atomic E-state index is 6.14. The predicted octanol–water partition coefficient (Wildman–Crippen LogP) is 5.48. The van der Waals surface area contributed by atoms with Crippen LogP contribution in [0.2, 0.25) is 10.0 Å². The number of alkyl halides is 1. The molecule has 0 aliphatic heterocycles. The van der Waals surface area contributed by atoms with Crippen LogP contribution in [0.25, 0.3) is 0 Å². The fourth-order valence-electron chi connectivity index (χ4n) is 1.78. The largest absolute Gasteiger partial charge is 0.493 e. The lowest BCUT2D eigenvalue weighted by Crippen LogP contribution is -2.01. The van der Waals surface area contributed by atoms with E-state index in [1.165, 1.54) is 0 Å². The molecule has 0 radical (unpaired) electrons. The van der Waals surface area contributed by atoms with Crippen molar-refractivity contribution in [3.05, 3.63) is 57.6 Å². The van der Waals surface area contributed by atoms with Gasteiger partial charge in [0, 0.05) is 26.5 Å². The van der Waals surface area contributed by atoms with Gasteiger partial charge in [0.2, 0.25) is 0 Å². The zero-order chi connectivity index (χ0) is 14.5. The van der Waals surface area contributed by atoms with Crippen molar-refractivity contribution in [2.45, 2.75) is 11.9 Å². The third-order valence-electron chi connectivity index (χ3n) is 2.81. The van der Waals surface area contributed by atoms with E-state index in [0.29, 0.717) is 27.7 Å². The van der Waals surface area contributed by atoms with Crippen LogP contribution in [0.4, 0.5) is 0 Å². The molecular weight excluding hydrogens is 363 g/mol. The second-order valence-corrected chi connectivity index (χ2v) is 5.51. The van der Waals surface area contributed by atoms with Gasteiger partial charge in [0.05, 0.1) is 7.11 Å². The van der Waals surface area contributed by atoms with Crippen LogP contribution in [0.3, 0.4) is 0 Å². The average Bonchev–Trinajstić information content (AvgIpc) is 2.46. The highest BCUT2D eigenvalue weighted by atomic mass is 79.9. The molecule has 20 heavy (non-hydrogen) atoms. The molecule has 0 heterocycles. The van der Waals surface area contributed by atoms with Gasteiger partial charge in [-0.2, -0.15) is 0 Å². The third-order valence-corrected chi connectivity index (χ3v) is 4.00. The van der Waals surface area contributed by atoms with E-state index in [0.717, 1.165) is 16.9 Å². The van der Waals surface area contributed by atoms with E-state index in [9.17, 15) is 0 Å². The first kappa shape index (κ1) is 15.5. The molecule has 0 aliphatic rings. The van der Waals surface area contributed by atoms with E-state index in [-0.39, 0.29) is 0 Å². The van der Waals surface area contributed by atoms with Crippen LogP contribution in [0.15, 0.2) is 36.4 Å². The molecule has 0 bridgehead atoms. The van der Waals surface area contributed by atoms with Crippen molar-refractivity contribution >= 4 is 39.1 Å². The van der Waals surface area contributed by atoms with E-state index in [4.69, 9.17) is 32.7 Å². The number of methoxy groups -OCH3 is 1. The number of halogens is 3. The molecule has 5 heteroatoms. The minimum absolute atomic E-state index is 0.358. The predicted molar refractivity (Wildman–Crippen MR) is 86.4 cm³/mol. The molecule has 0 N–H and O–H groups in total. The average molecular weight is 376 g/mol. The molecule has 0 amide bonds. The summed E-state index contributed by atoms with van der Waals surface area (Å²) >= 11 is 15.5. The molecular formula is C15H13BrCl2O2. The van der Waals surface area contributed by atoms with Gasteiger partial charge in [-0.05, 0) is 18.2 Å². The van der Waals surface area contributed by atoms with Gasteiger partial charge in [-0.3, -0.25) is 0 Å². The SMILES string of the molecule is COc1cccc(CBr)c1OCc1ccc(Cl)cc1Cl. The Kier molecular flexibility index (Phi) is 5.58. The van der Waals surface area contributed by atoms with Crippen LogP contribution >= 0.6 is 39.1 Å². The zero-order valence-corrected chi connectivity index (χ0v) is 13.9. The maximum absolute atomic E-state index is 6.14. The van der Waals surface area contributed by atoms with Gasteiger partial charge in [-0.1, -0.05) is 57.3 Å². The van der Waals surface area contributed by atoms with Crippen molar-refractivity contribution in [1.29, 1.82) is 0 Å². The zero-order valence-electron chi connectivity index (χ0n) is 10.8. The summed E-state index contributed by atoms with van der Waals surface area (Å²) in [5.41, 5.74) is 1.90. The summed E-state index contributed by atoms with van der Waals surface area (Å²) in [7, 11) is 1.62. The summed E-state index contributed by atoms with van der Waals surface area (Å²) in [6, 6.07) is 11.1. The van der Waals surface area contributed by atoms with Crippen molar-refractivity contribution in [1.82, 2.24) is 0 Å². The van der Waals surface area contributed by atoms with E-state index in [1.54, 1.807) is 19.2 Å². The lowest BCUT2D eigenvalue weighted by atomic mass is 10.2. The lowest BCUT2D eigenvalue weighted by Gasteiger charge is -2.14. The molecule has 2 aromatic carbocycles. The highest BCUT2D eigenvalue weighted by molar-refractivity contribution is 9.08. The fourth-order valence-corrected chi connectivity index (χ4v) is 2.68. The molecule has 2 aromatic rings. The highest BCUT2D eigenvalue weighted by Gasteiger charge is 2.11. The Morgan fingerprint density at radius 3 is 2.55 bits per heavy atom. The molecule has 2 rings (SSSR count). The van der Waals surface area contributed by atoms with Gasteiger partial charge in [0.1, 0.15) is 6.61 Å². The summed E-state index contributed by atoms with van der Waals surface area (Å²) in [6.45, 7) is 0.358.